The fourth-order valence-corrected chi connectivity index (χ4v) is 4.14. The number of carbonyl (C=O) groups is 2. The number of aliphatic hydroxyl groups excluding tert-OH is 1. The van der Waals surface area contributed by atoms with Crippen molar-refractivity contribution < 1.29 is 19.4 Å². The van der Waals surface area contributed by atoms with Crippen LogP contribution in [0, 0.1) is 5.92 Å². The molecule has 34 heavy (non-hydrogen) atoms. The molecule has 0 radical (unpaired) electrons. The van der Waals surface area contributed by atoms with Crippen molar-refractivity contribution in [2.75, 3.05) is 0 Å². The lowest BCUT2D eigenvalue weighted by Gasteiger charge is -2.29. The quantitative estimate of drug-likeness (QED) is 0.550. The standard InChI is InChI=1S/C26H36N4O4/c1-17(2)23-29-21(24(32)30(23)16-19-11-13-27-14-12-19)22(31)20(15-18-9-7-6-8-10-18)28-25(33)34-26(3,4)5/h6-14,17,20-23,29,31H,15-16H2,1-5H3,(H,28,33)/t20-,21-,22+,23?/m0/s1. The second kappa shape index (κ2) is 11.0. The predicted octanol–water partition coefficient (Wildman–Crippen LogP) is 2.86. The van der Waals surface area contributed by atoms with Gasteiger partial charge in [-0.05, 0) is 56.4 Å². The number of aromatic nitrogens is 1. The molecule has 8 heteroatoms. The zero-order valence-corrected chi connectivity index (χ0v) is 20.6. The summed E-state index contributed by atoms with van der Waals surface area (Å²) in [5.41, 5.74) is 1.21. The molecule has 2 aromatic rings. The first kappa shape index (κ1) is 25.6. The minimum absolute atomic E-state index is 0.120. The third-order valence-corrected chi connectivity index (χ3v) is 5.72. The smallest absolute Gasteiger partial charge is 0.407 e. The molecular weight excluding hydrogens is 432 g/mol. The number of pyridine rings is 1. The van der Waals surface area contributed by atoms with Gasteiger partial charge in [-0.2, -0.15) is 0 Å². The molecule has 1 aromatic carbocycles. The van der Waals surface area contributed by atoms with E-state index >= 15 is 0 Å². The van der Waals surface area contributed by atoms with Crippen molar-refractivity contribution in [3.8, 4) is 0 Å². The third kappa shape index (κ3) is 6.77. The highest BCUT2D eigenvalue weighted by atomic mass is 16.6. The first-order valence-electron chi connectivity index (χ1n) is 11.7. The molecule has 8 nitrogen and oxygen atoms in total. The molecule has 1 aromatic heterocycles. The minimum atomic E-state index is -1.16. The Hall–Kier alpha value is -2.97. The van der Waals surface area contributed by atoms with E-state index in [0.29, 0.717) is 13.0 Å². The summed E-state index contributed by atoms with van der Waals surface area (Å²) >= 11 is 0. The summed E-state index contributed by atoms with van der Waals surface area (Å²) in [7, 11) is 0. The lowest BCUT2D eigenvalue weighted by molar-refractivity contribution is -0.133. The van der Waals surface area contributed by atoms with E-state index in [4.69, 9.17) is 4.74 Å². The summed E-state index contributed by atoms with van der Waals surface area (Å²) in [6, 6.07) is 11.7. The highest BCUT2D eigenvalue weighted by molar-refractivity contribution is 5.85. The van der Waals surface area contributed by atoms with Gasteiger partial charge in [-0.25, -0.2) is 4.79 Å². The molecule has 1 aliphatic heterocycles. The number of alkyl carbamates (subject to hydrolysis) is 1. The Balaban J connectivity index is 1.82. The van der Waals surface area contributed by atoms with Gasteiger partial charge in [0.1, 0.15) is 11.6 Å². The molecule has 1 saturated heterocycles. The van der Waals surface area contributed by atoms with Crippen molar-refractivity contribution in [1.82, 2.24) is 20.5 Å². The molecule has 1 fully saturated rings. The van der Waals surface area contributed by atoms with E-state index in [1.54, 1.807) is 38.1 Å². The molecular formula is C26H36N4O4. The van der Waals surface area contributed by atoms with Crippen molar-refractivity contribution in [2.45, 2.75) is 77.5 Å². The summed E-state index contributed by atoms with van der Waals surface area (Å²) in [6.07, 6.45) is 1.69. The number of hydrogen-bond acceptors (Lipinski definition) is 6. The van der Waals surface area contributed by atoms with Crippen LogP contribution in [0.3, 0.4) is 0 Å². The van der Waals surface area contributed by atoms with Gasteiger partial charge in [0.25, 0.3) is 0 Å². The van der Waals surface area contributed by atoms with Crippen LogP contribution in [0.5, 0.6) is 0 Å². The largest absolute Gasteiger partial charge is 0.444 e. The van der Waals surface area contributed by atoms with Crippen molar-refractivity contribution in [1.29, 1.82) is 0 Å². The molecule has 0 spiro atoms. The Kier molecular flexibility index (Phi) is 8.28. The number of carbonyl (C=O) groups excluding carboxylic acids is 2. The van der Waals surface area contributed by atoms with Crippen molar-refractivity contribution >= 4 is 12.0 Å². The van der Waals surface area contributed by atoms with E-state index in [-0.39, 0.29) is 18.0 Å². The van der Waals surface area contributed by atoms with Crippen LogP contribution in [-0.2, 0) is 22.5 Å². The first-order chi connectivity index (χ1) is 16.0. The highest BCUT2D eigenvalue weighted by Crippen LogP contribution is 2.24. The van der Waals surface area contributed by atoms with Crippen LogP contribution in [0.1, 0.15) is 45.7 Å². The molecule has 3 N–H and O–H groups in total. The lowest BCUT2D eigenvalue weighted by Crippen LogP contribution is -2.55. The highest BCUT2D eigenvalue weighted by Gasteiger charge is 2.46. The van der Waals surface area contributed by atoms with Gasteiger partial charge in [0, 0.05) is 18.9 Å². The van der Waals surface area contributed by atoms with Gasteiger partial charge in [0.2, 0.25) is 5.91 Å². The van der Waals surface area contributed by atoms with E-state index in [1.165, 1.54) is 0 Å². The fraction of sp³-hybridized carbons (Fsp3) is 0.500. The zero-order valence-electron chi connectivity index (χ0n) is 20.6. The van der Waals surface area contributed by atoms with Crippen LogP contribution < -0.4 is 10.6 Å². The van der Waals surface area contributed by atoms with E-state index in [0.717, 1.165) is 11.1 Å². The van der Waals surface area contributed by atoms with Gasteiger partial charge in [-0.1, -0.05) is 44.2 Å². The molecule has 184 valence electrons. The Morgan fingerprint density at radius 3 is 2.38 bits per heavy atom. The van der Waals surface area contributed by atoms with Gasteiger partial charge in [0.15, 0.2) is 0 Å². The average Bonchev–Trinajstić information content (AvgIpc) is 3.09. The van der Waals surface area contributed by atoms with Crippen LogP contribution in [-0.4, -0.2) is 56.9 Å². The number of hydrogen-bond donors (Lipinski definition) is 3. The number of nitrogens with one attached hydrogen (secondary N) is 2. The normalized spacial score (nSPS) is 20.3. The lowest BCUT2D eigenvalue weighted by atomic mass is 9.96. The number of nitrogens with zero attached hydrogens (tertiary/aromatic N) is 2. The van der Waals surface area contributed by atoms with Crippen LogP contribution in [0.2, 0.25) is 0 Å². The van der Waals surface area contributed by atoms with Crippen molar-refractivity contribution in [3.63, 3.8) is 0 Å². The summed E-state index contributed by atoms with van der Waals surface area (Å²) in [5.74, 6) is -0.0820. The molecule has 1 unspecified atom stereocenters. The Labute approximate surface area is 201 Å². The number of aliphatic hydroxyl groups is 1. The summed E-state index contributed by atoms with van der Waals surface area (Å²) in [6.45, 7) is 9.80. The average molecular weight is 469 g/mol. The van der Waals surface area contributed by atoms with E-state index < -0.39 is 29.9 Å². The number of rotatable bonds is 8. The van der Waals surface area contributed by atoms with Gasteiger partial charge in [-0.15, -0.1) is 0 Å². The first-order valence-corrected chi connectivity index (χ1v) is 11.7. The Morgan fingerprint density at radius 1 is 1.15 bits per heavy atom. The van der Waals surface area contributed by atoms with Gasteiger partial charge in [-0.3, -0.25) is 15.1 Å². The van der Waals surface area contributed by atoms with Crippen LogP contribution in [0.4, 0.5) is 4.79 Å². The van der Waals surface area contributed by atoms with E-state index in [1.807, 2.05) is 56.3 Å². The second-order valence-corrected chi connectivity index (χ2v) is 10.1. The maximum absolute atomic E-state index is 13.5. The van der Waals surface area contributed by atoms with Gasteiger partial charge < -0.3 is 20.1 Å². The zero-order chi connectivity index (χ0) is 24.9. The Bertz CT molecular complexity index is 946. The van der Waals surface area contributed by atoms with E-state index in [9.17, 15) is 14.7 Å². The molecule has 3 rings (SSSR count). The topological polar surface area (TPSA) is 104 Å². The predicted molar refractivity (Wildman–Crippen MR) is 130 cm³/mol. The molecule has 2 heterocycles. The molecule has 2 amide bonds. The molecule has 1 aliphatic rings. The SMILES string of the molecule is CC(C)C1N[C@@H]([C@H](O)[C@H](Cc2ccccc2)NC(=O)OC(C)(C)C)C(=O)N1Cc1ccncc1. The Morgan fingerprint density at radius 2 is 1.79 bits per heavy atom. The molecule has 0 saturated carbocycles. The molecule has 0 aliphatic carbocycles. The van der Waals surface area contributed by atoms with E-state index in [2.05, 4.69) is 15.6 Å². The maximum atomic E-state index is 13.5. The maximum Gasteiger partial charge on any atom is 0.407 e. The van der Waals surface area contributed by atoms with Gasteiger partial charge >= 0.3 is 6.09 Å². The second-order valence-electron chi connectivity index (χ2n) is 10.1. The molecule has 4 atom stereocenters. The van der Waals surface area contributed by atoms with Crippen LogP contribution >= 0.6 is 0 Å². The fourth-order valence-electron chi connectivity index (χ4n) is 4.14. The summed E-state index contributed by atoms with van der Waals surface area (Å²) in [5, 5.41) is 17.5. The monoisotopic (exact) mass is 468 g/mol. The minimum Gasteiger partial charge on any atom is -0.444 e. The number of amides is 2. The van der Waals surface area contributed by atoms with Crippen LogP contribution in [0.15, 0.2) is 54.9 Å². The third-order valence-electron chi connectivity index (χ3n) is 5.72. The summed E-state index contributed by atoms with van der Waals surface area (Å²) < 4.78 is 5.42. The van der Waals surface area contributed by atoms with Crippen molar-refractivity contribution in [2.24, 2.45) is 5.92 Å². The van der Waals surface area contributed by atoms with Crippen LogP contribution in [0.25, 0.3) is 0 Å². The molecule has 0 bridgehead atoms. The number of ether oxygens (including phenoxy) is 1. The van der Waals surface area contributed by atoms with Gasteiger partial charge in [0.05, 0.1) is 18.3 Å². The van der Waals surface area contributed by atoms with Crippen molar-refractivity contribution in [3.05, 3.63) is 66.0 Å². The number of benzene rings is 1. The summed E-state index contributed by atoms with van der Waals surface area (Å²) in [4.78, 5) is 31.8.